The third-order valence-electron chi connectivity index (χ3n) is 6.51. The summed E-state index contributed by atoms with van der Waals surface area (Å²) in [6.45, 7) is 1.63. The fourth-order valence-electron chi connectivity index (χ4n) is 4.69. The predicted octanol–water partition coefficient (Wildman–Crippen LogP) is 4.11. The molecule has 35 heavy (non-hydrogen) atoms. The monoisotopic (exact) mass is 473 g/mol. The van der Waals surface area contributed by atoms with Gasteiger partial charge in [-0.15, -0.1) is 0 Å². The summed E-state index contributed by atoms with van der Waals surface area (Å²) in [7, 11) is 0. The average Bonchev–Trinajstić information content (AvgIpc) is 3.14. The molecule has 1 aliphatic carbocycles. The Labute approximate surface area is 204 Å². The van der Waals surface area contributed by atoms with Gasteiger partial charge in [0, 0.05) is 18.3 Å². The Balaban J connectivity index is 1.48. The predicted molar refractivity (Wildman–Crippen MR) is 128 cm³/mol. The average molecular weight is 474 g/mol. The van der Waals surface area contributed by atoms with E-state index in [0.29, 0.717) is 5.69 Å². The van der Waals surface area contributed by atoms with Crippen LogP contribution in [0.15, 0.2) is 48.5 Å². The minimum Gasteiger partial charge on any atom is -0.449 e. The third kappa shape index (κ3) is 4.94. The van der Waals surface area contributed by atoms with Crippen LogP contribution in [-0.2, 0) is 9.53 Å². The number of hydrogen-bond donors (Lipinski definition) is 0. The maximum atomic E-state index is 13.1. The van der Waals surface area contributed by atoms with Gasteiger partial charge < -0.3 is 9.64 Å². The fraction of sp³-hybridized carbons (Fsp3) is 0.370. The van der Waals surface area contributed by atoms with Crippen LogP contribution in [0.5, 0.6) is 0 Å². The molecule has 0 spiro atoms. The number of carbonyl (C=O) groups is 4. The second-order valence-corrected chi connectivity index (χ2v) is 8.81. The van der Waals surface area contributed by atoms with Crippen molar-refractivity contribution >= 4 is 29.4 Å². The molecule has 1 aliphatic heterocycles. The van der Waals surface area contributed by atoms with Gasteiger partial charge in [0.15, 0.2) is 6.10 Å². The van der Waals surface area contributed by atoms with Crippen LogP contribution >= 0.6 is 0 Å². The normalized spacial score (nSPS) is 16.4. The lowest BCUT2D eigenvalue weighted by Crippen LogP contribution is -2.41. The van der Waals surface area contributed by atoms with Crippen LogP contribution in [0.2, 0.25) is 0 Å². The van der Waals surface area contributed by atoms with Crippen LogP contribution in [0.25, 0.3) is 0 Å². The van der Waals surface area contributed by atoms with Gasteiger partial charge in [-0.25, -0.2) is 4.79 Å². The van der Waals surface area contributed by atoms with E-state index >= 15 is 0 Å². The van der Waals surface area contributed by atoms with Crippen LogP contribution in [0.3, 0.4) is 0 Å². The number of hydrogen-bond acceptors (Lipinski definition) is 6. The molecule has 2 aromatic carbocycles. The molecule has 4 rings (SSSR count). The maximum absolute atomic E-state index is 13.1. The number of anilines is 1. The standard InChI is InChI=1S/C27H27N3O5/c1-18(24(31)29(16-8-15-28)20-9-4-2-5-10-20)35-27(34)19-13-14-22-23(17-19)26(33)30(25(22)32)21-11-6-3-7-12-21/h2,4-5,9-10,13-14,17-18,21H,3,6-8,11-12,16H2,1H3. The molecular formula is C27H27N3O5. The van der Waals surface area contributed by atoms with Gasteiger partial charge in [-0.1, -0.05) is 37.5 Å². The molecule has 0 radical (unpaired) electrons. The third-order valence-corrected chi connectivity index (χ3v) is 6.51. The van der Waals surface area contributed by atoms with Crippen molar-refractivity contribution in [3.8, 4) is 6.07 Å². The fourth-order valence-corrected chi connectivity index (χ4v) is 4.69. The second kappa shape index (κ2) is 10.5. The highest BCUT2D eigenvalue weighted by Crippen LogP contribution is 2.31. The van der Waals surface area contributed by atoms with Gasteiger partial charge >= 0.3 is 5.97 Å². The summed E-state index contributed by atoms with van der Waals surface area (Å²) in [6, 6.07) is 15.1. The highest BCUT2D eigenvalue weighted by molar-refractivity contribution is 6.22. The zero-order chi connectivity index (χ0) is 24.9. The number of imide groups is 1. The van der Waals surface area contributed by atoms with Crippen molar-refractivity contribution in [2.75, 3.05) is 11.4 Å². The quantitative estimate of drug-likeness (QED) is 0.442. The van der Waals surface area contributed by atoms with Gasteiger partial charge in [0.05, 0.1) is 29.2 Å². The second-order valence-electron chi connectivity index (χ2n) is 8.81. The molecule has 8 heteroatoms. The molecule has 1 heterocycles. The molecule has 0 saturated heterocycles. The van der Waals surface area contributed by atoms with Crippen molar-refractivity contribution in [2.24, 2.45) is 0 Å². The number of ether oxygens (including phenoxy) is 1. The molecule has 2 aliphatic rings. The van der Waals surface area contributed by atoms with E-state index in [2.05, 4.69) is 0 Å². The van der Waals surface area contributed by atoms with E-state index < -0.39 is 18.0 Å². The summed E-state index contributed by atoms with van der Waals surface area (Å²) >= 11 is 0. The molecule has 0 bridgehead atoms. The van der Waals surface area contributed by atoms with Crippen molar-refractivity contribution in [2.45, 2.75) is 57.6 Å². The van der Waals surface area contributed by atoms with E-state index in [0.717, 1.165) is 32.1 Å². The van der Waals surface area contributed by atoms with E-state index in [1.165, 1.54) is 34.9 Å². The van der Waals surface area contributed by atoms with Crippen LogP contribution in [-0.4, -0.2) is 47.3 Å². The minimum atomic E-state index is -1.12. The molecule has 0 N–H and O–H groups in total. The molecule has 180 valence electrons. The molecule has 1 atom stereocenters. The first-order valence-electron chi connectivity index (χ1n) is 11.9. The number of fused-ring (bicyclic) bond motifs is 1. The van der Waals surface area contributed by atoms with Gasteiger partial charge in [-0.3, -0.25) is 19.3 Å². The van der Waals surface area contributed by atoms with E-state index in [-0.39, 0.29) is 47.5 Å². The molecule has 3 amide bonds. The van der Waals surface area contributed by atoms with Crippen molar-refractivity contribution in [1.82, 2.24) is 4.90 Å². The summed E-state index contributed by atoms with van der Waals surface area (Å²) in [5, 5.41) is 8.97. The number of benzene rings is 2. The SMILES string of the molecule is CC(OC(=O)c1ccc2c(c1)C(=O)N(C1CCCCC1)C2=O)C(=O)N(CCC#N)c1ccccc1. The lowest BCUT2D eigenvalue weighted by Gasteiger charge is -2.29. The summed E-state index contributed by atoms with van der Waals surface area (Å²) in [5.74, 6) is -1.94. The summed E-state index contributed by atoms with van der Waals surface area (Å²) in [5.41, 5.74) is 1.17. The number of rotatable bonds is 7. The number of para-hydroxylation sites is 1. The topological polar surface area (TPSA) is 108 Å². The van der Waals surface area contributed by atoms with Crippen molar-refractivity contribution < 1.29 is 23.9 Å². The Morgan fingerprint density at radius 3 is 2.43 bits per heavy atom. The van der Waals surface area contributed by atoms with Crippen molar-refractivity contribution in [3.05, 3.63) is 65.2 Å². The first-order chi connectivity index (χ1) is 16.9. The van der Waals surface area contributed by atoms with E-state index in [1.54, 1.807) is 24.3 Å². The van der Waals surface area contributed by atoms with Crippen LogP contribution in [0.4, 0.5) is 5.69 Å². The van der Waals surface area contributed by atoms with Gasteiger partial charge in [0.2, 0.25) is 0 Å². The number of carbonyl (C=O) groups excluding carboxylic acids is 4. The number of nitrogens with zero attached hydrogens (tertiary/aromatic N) is 3. The van der Waals surface area contributed by atoms with E-state index in [9.17, 15) is 19.2 Å². The molecule has 1 fully saturated rings. The minimum absolute atomic E-state index is 0.0957. The number of esters is 1. The highest BCUT2D eigenvalue weighted by Gasteiger charge is 2.40. The Hall–Kier alpha value is -3.99. The van der Waals surface area contributed by atoms with Crippen molar-refractivity contribution in [3.63, 3.8) is 0 Å². The number of nitriles is 1. The lowest BCUT2D eigenvalue weighted by atomic mass is 9.94. The smallest absolute Gasteiger partial charge is 0.338 e. The van der Waals surface area contributed by atoms with E-state index in [1.807, 2.05) is 12.1 Å². The van der Waals surface area contributed by atoms with E-state index in [4.69, 9.17) is 10.00 Å². The highest BCUT2D eigenvalue weighted by atomic mass is 16.5. The number of amides is 3. The Morgan fingerprint density at radius 1 is 1.06 bits per heavy atom. The first kappa shape index (κ1) is 24.1. The van der Waals surface area contributed by atoms with Crippen LogP contribution in [0.1, 0.15) is 76.5 Å². The Kier molecular flexibility index (Phi) is 7.25. The molecule has 0 aromatic heterocycles. The van der Waals surface area contributed by atoms with Gasteiger partial charge in [0.25, 0.3) is 17.7 Å². The molecule has 2 aromatic rings. The summed E-state index contributed by atoms with van der Waals surface area (Å²) in [4.78, 5) is 54.5. The largest absolute Gasteiger partial charge is 0.449 e. The molecule has 1 unspecified atom stereocenters. The Morgan fingerprint density at radius 2 is 1.74 bits per heavy atom. The maximum Gasteiger partial charge on any atom is 0.338 e. The molecule has 1 saturated carbocycles. The first-order valence-corrected chi connectivity index (χ1v) is 11.9. The zero-order valence-corrected chi connectivity index (χ0v) is 19.6. The van der Waals surface area contributed by atoms with Crippen molar-refractivity contribution in [1.29, 1.82) is 5.26 Å². The van der Waals surface area contributed by atoms with Crippen LogP contribution < -0.4 is 4.90 Å². The van der Waals surface area contributed by atoms with Gasteiger partial charge in [-0.2, -0.15) is 5.26 Å². The summed E-state index contributed by atoms with van der Waals surface area (Å²) < 4.78 is 5.42. The molecule has 8 nitrogen and oxygen atoms in total. The summed E-state index contributed by atoms with van der Waals surface area (Å²) in [6.07, 6.45) is 3.66. The zero-order valence-electron chi connectivity index (χ0n) is 19.6. The molecular weight excluding hydrogens is 446 g/mol. The van der Waals surface area contributed by atoms with Gasteiger partial charge in [-0.05, 0) is 50.1 Å². The Bertz CT molecular complexity index is 1180. The lowest BCUT2D eigenvalue weighted by molar-refractivity contribution is -0.126. The van der Waals surface area contributed by atoms with Crippen LogP contribution in [0, 0.1) is 11.3 Å². The van der Waals surface area contributed by atoms with Gasteiger partial charge in [0.1, 0.15) is 0 Å².